The van der Waals surface area contributed by atoms with Crippen molar-refractivity contribution in [2.45, 2.75) is 0 Å². The van der Waals surface area contributed by atoms with Gasteiger partial charge in [-0.1, -0.05) is 46.3 Å². The number of hydrogen-bond acceptors (Lipinski definition) is 2. The summed E-state index contributed by atoms with van der Waals surface area (Å²) in [6.07, 6.45) is 0. The number of ketones is 1. The maximum absolute atomic E-state index is 11.5. The normalized spacial score (nSPS) is 9.94. The van der Waals surface area contributed by atoms with Crippen LogP contribution in [-0.2, 0) is 0 Å². The summed E-state index contributed by atoms with van der Waals surface area (Å²) < 4.78 is 5.65. The molecule has 3 heteroatoms. The second-order valence-corrected chi connectivity index (χ2v) is 4.06. The maximum atomic E-state index is 11.5. The molecule has 0 N–H and O–H groups in total. The van der Waals surface area contributed by atoms with Crippen LogP contribution in [0.5, 0.6) is 11.5 Å². The number of para-hydroxylation sites is 1. The van der Waals surface area contributed by atoms with E-state index >= 15 is 0 Å². The third-order valence-corrected chi connectivity index (χ3v) is 2.77. The van der Waals surface area contributed by atoms with Crippen LogP contribution in [0.15, 0.2) is 54.6 Å². The molecule has 0 aliphatic heterocycles. The Morgan fingerprint density at radius 2 is 1.71 bits per heavy atom. The van der Waals surface area contributed by atoms with Gasteiger partial charge in [-0.05, 0) is 24.3 Å². The minimum Gasteiger partial charge on any atom is -0.457 e. The number of halogens is 1. The van der Waals surface area contributed by atoms with Gasteiger partial charge in [0, 0.05) is 5.56 Å². The summed E-state index contributed by atoms with van der Waals surface area (Å²) in [6, 6.07) is 16.7. The molecule has 0 aliphatic rings. The van der Waals surface area contributed by atoms with E-state index in [0.717, 1.165) is 5.75 Å². The zero-order valence-corrected chi connectivity index (χ0v) is 10.7. The van der Waals surface area contributed by atoms with Gasteiger partial charge < -0.3 is 4.74 Å². The van der Waals surface area contributed by atoms with Gasteiger partial charge in [-0.3, -0.25) is 4.79 Å². The summed E-state index contributed by atoms with van der Waals surface area (Å²) in [5.74, 6) is 1.47. The molecule has 0 fully saturated rings. The highest BCUT2D eigenvalue weighted by Crippen LogP contribution is 2.22. The molecule has 86 valence electrons. The standard InChI is InChI=1S/C14H11BrO2/c15-10-14(16)11-5-4-8-13(9-11)17-12-6-2-1-3-7-12/h1-9H,10H2. The lowest BCUT2D eigenvalue weighted by atomic mass is 10.1. The van der Waals surface area contributed by atoms with E-state index in [9.17, 15) is 4.79 Å². The molecule has 0 bridgehead atoms. The fraction of sp³-hybridized carbons (Fsp3) is 0.0714. The largest absolute Gasteiger partial charge is 0.457 e. The minimum atomic E-state index is 0.0449. The highest BCUT2D eigenvalue weighted by Gasteiger charge is 2.05. The summed E-state index contributed by atoms with van der Waals surface area (Å²) in [5, 5.41) is 0.321. The van der Waals surface area contributed by atoms with Crippen LogP contribution in [0.2, 0.25) is 0 Å². The number of ether oxygens (including phenoxy) is 1. The Balaban J connectivity index is 2.20. The molecule has 0 saturated heterocycles. The van der Waals surface area contributed by atoms with Crippen molar-refractivity contribution >= 4 is 21.7 Å². The third kappa shape index (κ3) is 3.17. The molecular formula is C14H11BrO2. The molecule has 0 heterocycles. The van der Waals surface area contributed by atoms with Gasteiger partial charge in [0.2, 0.25) is 0 Å². The SMILES string of the molecule is O=C(CBr)c1cccc(Oc2ccccc2)c1. The van der Waals surface area contributed by atoms with E-state index in [0.29, 0.717) is 16.6 Å². The van der Waals surface area contributed by atoms with Crippen molar-refractivity contribution in [2.75, 3.05) is 5.33 Å². The van der Waals surface area contributed by atoms with Crippen molar-refractivity contribution in [1.29, 1.82) is 0 Å². The van der Waals surface area contributed by atoms with Crippen molar-refractivity contribution < 1.29 is 9.53 Å². The lowest BCUT2D eigenvalue weighted by Crippen LogP contribution is -1.99. The molecule has 2 aromatic rings. The number of alkyl halides is 1. The quantitative estimate of drug-likeness (QED) is 0.627. The summed E-state index contributed by atoms with van der Waals surface area (Å²) in [7, 11) is 0. The van der Waals surface area contributed by atoms with Gasteiger partial charge in [0.05, 0.1) is 5.33 Å². The molecule has 0 unspecified atom stereocenters. The molecule has 0 aliphatic carbocycles. The lowest BCUT2D eigenvalue weighted by molar-refractivity contribution is 0.102. The summed E-state index contributed by atoms with van der Waals surface area (Å²) >= 11 is 3.15. The molecule has 2 nitrogen and oxygen atoms in total. The smallest absolute Gasteiger partial charge is 0.173 e. The molecule has 2 rings (SSSR count). The van der Waals surface area contributed by atoms with Gasteiger partial charge in [0.15, 0.2) is 5.78 Å². The zero-order chi connectivity index (χ0) is 12.1. The van der Waals surface area contributed by atoms with Gasteiger partial charge in [-0.15, -0.1) is 0 Å². The van der Waals surface area contributed by atoms with Crippen LogP contribution in [0.25, 0.3) is 0 Å². The Hall–Kier alpha value is -1.61. The van der Waals surface area contributed by atoms with Gasteiger partial charge in [-0.2, -0.15) is 0 Å². The van der Waals surface area contributed by atoms with Gasteiger partial charge in [0.25, 0.3) is 0 Å². The predicted octanol–water partition coefficient (Wildman–Crippen LogP) is 4.06. The van der Waals surface area contributed by atoms with Crippen LogP contribution in [0.4, 0.5) is 0 Å². The van der Waals surface area contributed by atoms with Crippen LogP contribution < -0.4 is 4.74 Å². The zero-order valence-electron chi connectivity index (χ0n) is 9.10. The first-order chi connectivity index (χ1) is 8.29. The summed E-state index contributed by atoms with van der Waals surface area (Å²) in [4.78, 5) is 11.5. The fourth-order valence-electron chi connectivity index (χ4n) is 1.43. The highest BCUT2D eigenvalue weighted by atomic mass is 79.9. The van der Waals surface area contributed by atoms with Crippen LogP contribution >= 0.6 is 15.9 Å². The van der Waals surface area contributed by atoms with Crippen molar-refractivity contribution in [2.24, 2.45) is 0 Å². The number of carbonyl (C=O) groups is 1. The van der Waals surface area contributed by atoms with E-state index in [1.807, 2.05) is 42.5 Å². The first-order valence-electron chi connectivity index (χ1n) is 5.22. The number of rotatable bonds is 4. The first-order valence-corrected chi connectivity index (χ1v) is 6.34. The Kier molecular flexibility index (Phi) is 3.94. The molecule has 0 radical (unpaired) electrons. The number of benzene rings is 2. The van der Waals surface area contributed by atoms with E-state index in [2.05, 4.69) is 15.9 Å². The molecule has 17 heavy (non-hydrogen) atoms. The molecule has 0 spiro atoms. The molecule has 0 aromatic heterocycles. The van der Waals surface area contributed by atoms with Crippen LogP contribution in [0.3, 0.4) is 0 Å². The van der Waals surface area contributed by atoms with Crippen molar-refractivity contribution in [3.8, 4) is 11.5 Å². The Morgan fingerprint density at radius 1 is 1.00 bits per heavy atom. The Labute approximate surface area is 108 Å². The number of Topliss-reactive ketones (excluding diaryl/α,β-unsaturated/α-hetero) is 1. The van der Waals surface area contributed by atoms with Gasteiger partial charge in [0.1, 0.15) is 11.5 Å². The molecule has 0 atom stereocenters. The monoisotopic (exact) mass is 290 g/mol. The molecule has 0 amide bonds. The van der Waals surface area contributed by atoms with Crippen LogP contribution in [0, 0.1) is 0 Å². The third-order valence-electron chi connectivity index (χ3n) is 2.26. The molecule has 2 aromatic carbocycles. The lowest BCUT2D eigenvalue weighted by Gasteiger charge is -2.06. The van der Waals surface area contributed by atoms with E-state index in [4.69, 9.17) is 4.74 Å². The van der Waals surface area contributed by atoms with Crippen LogP contribution in [0.1, 0.15) is 10.4 Å². The topological polar surface area (TPSA) is 26.3 Å². The second kappa shape index (κ2) is 5.64. The van der Waals surface area contributed by atoms with Crippen molar-refractivity contribution in [3.05, 3.63) is 60.2 Å². The average molecular weight is 291 g/mol. The van der Waals surface area contributed by atoms with Crippen molar-refractivity contribution in [1.82, 2.24) is 0 Å². The molecule has 0 saturated carbocycles. The first kappa shape index (κ1) is 11.9. The van der Waals surface area contributed by atoms with Gasteiger partial charge >= 0.3 is 0 Å². The van der Waals surface area contributed by atoms with E-state index in [-0.39, 0.29) is 5.78 Å². The summed E-state index contributed by atoms with van der Waals surface area (Å²) in [5.41, 5.74) is 0.648. The van der Waals surface area contributed by atoms with Crippen molar-refractivity contribution in [3.63, 3.8) is 0 Å². The fourth-order valence-corrected chi connectivity index (χ4v) is 1.76. The Morgan fingerprint density at radius 3 is 2.41 bits per heavy atom. The number of hydrogen-bond donors (Lipinski definition) is 0. The van der Waals surface area contributed by atoms with E-state index < -0.39 is 0 Å². The second-order valence-electron chi connectivity index (χ2n) is 3.50. The van der Waals surface area contributed by atoms with Gasteiger partial charge in [-0.25, -0.2) is 0 Å². The minimum absolute atomic E-state index is 0.0449. The highest BCUT2D eigenvalue weighted by molar-refractivity contribution is 9.09. The molecular weight excluding hydrogens is 280 g/mol. The van der Waals surface area contributed by atoms with Crippen LogP contribution in [-0.4, -0.2) is 11.1 Å². The predicted molar refractivity (Wildman–Crippen MR) is 71.1 cm³/mol. The maximum Gasteiger partial charge on any atom is 0.173 e. The van der Waals surface area contributed by atoms with E-state index in [1.165, 1.54) is 0 Å². The number of carbonyl (C=O) groups excluding carboxylic acids is 1. The average Bonchev–Trinajstić information content (AvgIpc) is 2.39. The summed E-state index contributed by atoms with van der Waals surface area (Å²) in [6.45, 7) is 0. The van der Waals surface area contributed by atoms with E-state index in [1.54, 1.807) is 12.1 Å². The Bertz CT molecular complexity index is 509.